The molecule has 3 aromatic carbocycles. The molecule has 0 aliphatic carbocycles. The average Bonchev–Trinajstić information content (AvgIpc) is 3.32. The van der Waals surface area contributed by atoms with E-state index < -0.39 is 5.60 Å². The lowest BCUT2D eigenvalue weighted by Gasteiger charge is -2.38. The van der Waals surface area contributed by atoms with Gasteiger partial charge in [0.2, 0.25) is 0 Å². The Morgan fingerprint density at radius 1 is 0.886 bits per heavy atom. The van der Waals surface area contributed by atoms with Crippen molar-refractivity contribution < 1.29 is 19.0 Å². The van der Waals surface area contributed by atoms with Gasteiger partial charge in [-0.3, -0.25) is 4.79 Å². The molecule has 2 aliphatic heterocycles. The molecule has 3 atom stereocenters. The molecule has 3 aromatic rings. The predicted molar refractivity (Wildman–Crippen MR) is 135 cm³/mol. The SMILES string of the molecule is CC(C)=C1C(=O)N[C@H]1O[C@@H]1CCO[C@@H]1COC(c1ccccc1)(c1ccccc1)c1ccccc1. The number of carbonyl (C=O) groups is 1. The molecule has 0 bridgehead atoms. The van der Waals surface area contributed by atoms with E-state index in [9.17, 15) is 4.79 Å². The van der Waals surface area contributed by atoms with Gasteiger partial charge in [-0.15, -0.1) is 0 Å². The number of amides is 1. The zero-order chi connectivity index (χ0) is 24.3. The second kappa shape index (κ2) is 10.2. The highest BCUT2D eigenvalue weighted by Gasteiger charge is 2.43. The topological polar surface area (TPSA) is 56.8 Å². The second-order valence-electron chi connectivity index (χ2n) is 9.23. The number of benzene rings is 3. The maximum Gasteiger partial charge on any atom is 0.253 e. The molecule has 1 amide bonds. The van der Waals surface area contributed by atoms with Gasteiger partial charge < -0.3 is 19.5 Å². The van der Waals surface area contributed by atoms with Crippen LogP contribution in [-0.2, 0) is 24.6 Å². The summed E-state index contributed by atoms with van der Waals surface area (Å²) in [6.45, 7) is 4.81. The fourth-order valence-electron chi connectivity index (χ4n) is 4.99. The minimum Gasteiger partial charge on any atom is -0.373 e. The number of rotatable bonds is 8. The lowest BCUT2D eigenvalue weighted by atomic mass is 9.80. The molecule has 35 heavy (non-hydrogen) atoms. The van der Waals surface area contributed by atoms with E-state index >= 15 is 0 Å². The molecule has 0 aromatic heterocycles. The summed E-state index contributed by atoms with van der Waals surface area (Å²) in [5.41, 5.74) is 4.02. The maximum atomic E-state index is 12.0. The molecule has 2 saturated heterocycles. The van der Waals surface area contributed by atoms with Gasteiger partial charge in [0.1, 0.15) is 11.7 Å². The fraction of sp³-hybridized carbons (Fsp3) is 0.300. The van der Waals surface area contributed by atoms with Crippen LogP contribution in [0, 0.1) is 0 Å². The van der Waals surface area contributed by atoms with E-state index in [4.69, 9.17) is 14.2 Å². The number of ether oxygens (including phenoxy) is 3. The lowest BCUT2D eigenvalue weighted by Crippen LogP contribution is -2.55. The zero-order valence-corrected chi connectivity index (χ0v) is 20.1. The molecule has 1 N–H and O–H groups in total. The van der Waals surface area contributed by atoms with Crippen molar-refractivity contribution in [3.05, 3.63) is 119 Å². The summed E-state index contributed by atoms with van der Waals surface area (Å²) in [5, 5.41) is 2.86. The minimum absolute atomic E-state index is 0.0574. The average molecular weight is 470 g/mol. The summed E-state index contributed by atoms with van der Waals surface area (Å²) in [6.07, 6.45) is -0.0499. The third-order valence-corrected chi connectivity index (χ3v) is 6.77. The Morgan fingerprint density at radius 3 is 1.86 bits per heavy atom. The standard InChI is InChI=1S/C30H31NO4/c1-21(2)27-28(32)31-29(27)35-25-18-19-33-26(25)20-34-30(22-12-6-3-7-13-22,23-14-8-4-9-15-23)24-16-10-5-11-17-24/h3-17,25-26,29H,18-20H2,1-2H3,(H,31,32)/t25-,26-,29+/m1/s1. The highest BCUT2D eigenvalue weighted by molar-refractivity contribution is 6.01. The van der Waals surface area contributed by atoms with Gasteiger partial charge in [0, 0.05) is 6.61 Å². The van der Waals surface area contributed by atoms with Crippen molar-refractivity contribution >= 4 is 5.91 Å². The van der Waals surface area contributed by atoms with Crippen molar-refractivity contribution in [3.63, 3.8) is 0 Å². The zero-order valence-electron chi connectivity index (χ0n) is 20.1. The van der Waals surface area contributed by atoms with Crippen molar-refractivity contribution in [1.29, 1.82) is 0 Å². The molecule has 5 rings (SSSR count). The monoisotopic (exact) mass is 469 g/mol. The molecule has 5 heteroatoms. The van der Waals surface area contributed by atoms with Crippen LogP contribution in [0.2, 0.25) is 0 Å². The van der Waals surface area contributed by atoms with Gasteiger partial charge in [0.15, 0.2) is 6.23 Å². The van der Waals surface area contributed by atoms with E-state index in [0.29, 0.717) is 18.8 Å². The highest BCUT2D eigenvalue weighted by Crippen LogP contribution is 2.41. The first kappa shape index (κ1) is 23.5. The largest absolute Gasteiger partial charge is 0.373 e. The molecule has 0 saturated carbocycles. The molecule has 2 heterocycles. The van der Waals surface area contributed by atoms with Crippen LogP contribution in [0.1, 0.15) is 37.0 Å². The molecular formula is C30H31NO4. The molecule has 0 spiro atoms. The first-order valence-corrected chi connectivity index (χ1v) is 12.2. The van der Waals surface area contributed by atoms with Gasteiger partial charge in [-0.2, -0.15) is 0 Å². The maximum absolute atomic E-state index is 12.0. The first-order chi connectivity index (χ1) is 17.1. The third-order valence-electron chi connectivity index (χ3n) is 6.77. The number of β-lactam (4-membered cyclic amide) rings is 1. The van der Waals surface area contributed by atoms with Crippen LogP contribution >= 0.6 is 0 Å². The van der Waals surface area contributed by atoms with Gasteiger partial charge in [0.25, 0.3) is 5.91 Å². The van der Waals surface area contributed by atoms with Crippen LogP contribution < -0.4 is 5.32 Å². The molecule has 0 unspecified atom stereocenters. The second-order valence-corrected chi connectivity index (χ2v) is 9.23. The normalized spacial score (nSPS) is 21.9. The number of hydrogen-bond donors (Lipinski definition) is 1. The van der Waals surface area contributed by atoms with Crippen LogP contribution in [-0.4, -0.2) is 37.6 Å². The summed E-state index contributed by atoms with van der Waals surface area (Å²) in [7, 11) is 0. The number of nitrogens with one attached hydrogen (secondary N) is 1. The van der Waals surface area contributed by atoms with Crippen molar-refractivity contribution in [2.24, 2.45) is 0 Å². The third kappa shape index (κ3) is 4.55. The number of carbonyl (C=O) groups excluding carboxylic acids is 1. The van der Waals surface area contributed by atoms with E-state index in [-0.39, 0.29) is 24.3 Å². The number of allylic oxidation sites excluding steroid dienone is 1. The van der Waals surface area contributed by atoms with Gasteiger partial charge in [-0.1, -0.05) is 96.6 Å². The molecular weight excluding hydrogens is 438 g/mol. The highest BCUT2D eigenvalue weighted by atomic mass is 16.6. The minimum atomic E-state index is -0.809. The van der Waals surface area contributed by atoms with Crippen LogP contribution in [0.15, 0.2) is 102 Å². The van der Waals surface area contributed by atoms with E-state index in [2.05, 4.69) is 41.7 Å². The van der Waals surface area contributed by atoms with Crippen LogP contribution in [0.5, 0.6) is 0 Å². The van der Waals surface area contributed by atoms with Crippen LogP contribution in [0.25, 0.3) is 0 Å². The van der Waals surface area contributed by atoms with Crippen LogP contribution in [0.4, 0.5) is 0 Å². The Morgan fingerprint density at radius 2 is 1.40 bits per heavy atom. The number of hydrogen-bond acceptors (Lipinski definition) is 4. The van der Waals surface area contributed by atoms with Crippen molar-refractivity contribution in [3.8, 4) is 0 Å². The van der Waals surface area contributed by atoms with E-state index in [1.807, 2.05) is 68.4 Å². The molecule has 2 fully saturated rings. The van der Waals surface area contributed by atoms with Crippen molar-refractivity contribution in [2.75, 3.05) is 13.2 Å². The molecule has 180 valence electrons. The Balaban J connectivity index is 1.46. The summed E-state index contributed by atoms with van der Waals surface area (Å²) in [5.74, 6) is -0.0574. The van der Waals surface area contributed by atoms with Crippen LogP contribution in [0.3, 0.4) is 0 Å². The fourth-order valence-corrected chi connectivity index (χ4v) is 4.99. The smallest absolute Gasteiger partial charge is 0.253 e. The summed E-state index contributed by atoms with van der Waals surface area (Å²) in [4.78, 5) is 12.0. The first-order valence-electron chi connectivity index (χ1n) is 12.2. The summed E-state index contributed by atoms with van der Waals surface area (Å²) >= 11 is 0. The molecule has 0 radical (unpaired) electrons. The Hall–Kier alpha value is -3.25. The van der Waals surface area contributed by atoms with Gasteiger partial charge >= 0.3 is 0 Å². The quantitative estimate of drug-likeness (QED) is 0.288. The van der Waals surface area contributed by atoms with Gasteiger partial charge in [0.05, 0.1) is 18.3 Å². The Kier molecular flexibility index (Phi) is 6.82. The summed E-state index contributed by atoms with van der Waals surface area (Å²) < 4.78 is 19.3. The predicted octanol–water partition coefficient (Wildman–Crippen LogP) is 4.96. The van der Waals surface area contributed by atoms with E-state index in [0.717, 1.165) is 28.7 Å². The van der Waals surface area contributed by atoms with E-state index in [1.54, 1.807) is 0 Å². The van der Waals surface area contributed by atoms with Gasteiger partial charge in [-0.05, 0) is 37.0 Å². The Labute approximate surface area is 206 Å². The van der Waals surface area contributed by atoms with Crippen molar-refractivity contribution in [2.45, 2.75) is 44.3 Å². The van der Waals surface area contributed by atoms with Gasteiger partial charge in [-0.25, -0.2) is 0 Å². The lowest BCUT2D eigenvalue weighted by molar-refractivity contribution is -0.140. The van der Waals surface area contributed by atoms with E-state index in [1.165, 1.54) is 0 Å². The summed E-state index contributed by atoms with van der Waals surface area (Å²) in [6, 6.07) is 30.9. The molecule has 2 aliphatic rings. The molecule has 5 nitrogen and oxygen atoms in total. The van der Waals surface area contributed by atoms with Crippen molar-refractivity contribution in [1.82, 2.24) is 5.32 Å². The Bertz CT molecular complexity index is 1080.